The molecule has 0 saturated heterocycles. The molecule has 1 atom stereocenters. The number of ether oxygens (including phenoxy) is 1. The van der Waals surface area contributed by atoms with Gasteiger partial charge >= 0.3 is 6.09 Å². The number of benzene rings is 1. The molecule has 0 aliphatic carbocycles. The van der Waals surface area contributed by atoms with Gasteiger partial charge in [-0.15, -0.1) is 0 Å². The largest absolute Gasteiger partial charge is 0.444 e. The Morgan fingerprint density at radius 1 is 1.25 bits per heavy atom. The van der Waals surface area contributed by atoms with Crippen LogP contribution in [-0.4, -0.2) is 24.1 Å². The summed E-state index contributed by atoms with van der Waals surface area (Å²) in [5.41, 5.74) is 0.317. The van der Waals surface area contributed by atoms with E-state index in [0.717, 1.165) is 5.56 Å². The summed E-state index contributed by atoms with van der Waals surface area (Å²) >= 11 is 0. The van der Waals surface area contributed by atoms with Crippen molar-refractivity contribution in [3.63, 3.8) is 0 Å². The fourth-order valence-electron chi connectivity index (χ4n) is 1.48. The molecule has 0 saturated carbocycles. The van der Waals surface area contributed by atoms with Crippen molar-refractivity contribution in [1.29, 1.82) is 0 Å². The zero-order valence-corrected chi connectivity index (χ0v) is 12.1. The van der Waals surface area contributed by atoms with Crippen LogP contribution in [0.4, 0.5) is 4.79 Å². The minimum Gasteiger partial charge on any atom is -0.444 e. The van der Waals surface area contributed by atoms with Crippen LogP contribution < -0.4 is 10.6 Å². The molecule has 0 spiro atoms. The highest BCUT2D eigenvalue weighted by Crippen LogP contribution is 2.10. The number of alkyl carbamates (subject to hydrolysis) is 1. The first-order valence-electron chi connectivity index (χ1n) is 6.42. The van der Waals surface area contributed by atoms with Crippen LogP contribution in [0.2, 0.25) is 0 Å². The molecule has 0 bridgehead atoms. The topological polar surface area (TPSA) is 67.4 Å². The third-order valence-electron chi connectivity index (χ3n) is 2.33. The second-order valence-electron chi connectivity index (χ2n) is 5.39. The van der Waals surface area contributed by atoms with Gasteiger partial charge in [-0.2, -0.15) is 0 Å². The smallest absolute Gasteiger partial charge is 0.408 e. The van der Waals surface area contributed by atoms with Crippen molar-refractivity contribution >= 4 is 12.0 Å². The lowest BCUT2D eigenvalue weighted by molar-refractivity contribution is -0.120. The van der Waals surface area contributed by atoms with Gasteiger partial charge < -0.3 is 15.4 Å². The number of hydrogen-bond donors (Lipinski definition) is 2. The van der Waals surface area contributed by atoms with Crippen LogP contribution in [0.5, 0.6) is 0 Å². The Morgan fingerprint density at radius 2 is 1.85 bits per heavy atom. The molecule has 1 aromatic rings. The quantitative estimate of drug-likeness (QED) is 0.886. The minimum atomic E-state index is -0.618. The first kappa shape index (κ1) is 16.0. The number of rotatable bonds is 4. The number of nitrogens with one attached hydrogen (secondary N) is 2. The fourth-order valence-corrected chi connectivity index (χ4v) is 1.48. The molecule has 1 aromatic carbocycles. The van der Waals surface area contributed by atoms with Gasteiger partial charge in [0, 0.05) is 0 Å². The van der Waals surface area contributed by atoms with E-state index in [9.17, 15) is 9.59 Å². The molecule has 5 nitrogen and oxygen atoms in total. The number of carbonyl (C=O) groups is 2. The molecule has 20 heavy (non-hydrogen) atoms. The Morgan fingerprint density at radius 3 is 2.40 bits per heavy atom. The highest BCUT2D eigenvalue weighted by molar-refractivity contribution is 5.82. The van der Waals surface area contributed by atoms with Crippen molar-refractivity contribution in [2.45, 2.75) is 32.4 Å². The van der Waals surface area contributed by atoms with E-state index in [4.69, 9.17) is 4.74 Å². The standard InChI is InChI=1S/C15H21N2O3/c1-11(12-8-6-5-7-9-12)17-13(18)10-16-14(19)20-15(2,3)4/h5-9,11H,1,10H2,2-4H3,(H,16,19)(H,17,18)/t11-/m0/s1. The molecule has 5 heteroatoms. The van der Waals surface area contributed by atoms with Gasteiger partial charge in [-0.25, -0.2) is 4.79 Å². The molecular formula is C15H21N2O3. The van der Waals surface area contributed by atoms with Crippen molar-refractivity contribution in [2.24, 2.45) is 0 Å². The summed E-state index contributed by atoms with van der Waals surface area (Å²) < 4.78 is 5.03. The van der Waals surface area contributed by atoms with Gasteiger partial charge in [0.2, 0.25) is 5.91 Å². The number of carbonyl (C=O) groups excluding carboxylic acids is 2. The second kappa shape index (κ2) is 6.93. The maximum atomic E-state index is 11.7. The Hall–Kier alpha value is -2.04. The highest BCUT2D eigenvalue weighted by Gasteiger charge is 2.17. The van der Waals surface area contributed by atoms with Crippen molar-refractivity contribution < 1.29 is 14.3 Å². The normalized spacial score (nSPS) is 12.4. The molecule has 0 aliphatic heterocycles. The number of amides is 2. The van der Waals surface area contributed by atoms with E-state index >= 15 is 0 Å². The summed E-state index contributed by atoms with van der Waals surface area (Å²) in [6.07, 6.45) is -0.618. The Labute approximate surface area is 119 Å². The summed E-state index contributed by atoms with van der Waals surface area (Å²) in [5.74, 6) is -0.320. The van der Waals surface area contributed by atoms with Crippen LogP contribution in [0.3, 0.4) is 0 Å². The van der Waals surface area contributed by atoms with E-state index in [0.29, 0.717) is 0 Å². The van der Waals surface area contributed by atoms with Gasteiger partial charge in [0.15, 0.2) is 0 Å². The van der Waals surface area contributed by atoms with Crippen LogP contribution >= 0.6 is 0 Å². The molecule has 0 heterocycles. The molecule has 109 valence electrons. The predicted octanol–water partition coefficient (Wildman–Crippen LogP) is 2.20. The molecule has 0 fully saturated rings. The zero-order valence-electron chi connectivity index (χ0n) is 12.1. The second-order valence-corrected chi connectivity index (χ2v) is 5.39. The first-order valence-corrected chi connectivity index (χ1v) is 6.42. The molecule has 0 aromatic heterocycles. The lowest BCUT2D eigenvalue weighted by Crippen LogP contribution is -2.40. The van der Waals surface area contributed by atoms with Crippen LogP contribution in [0, 0.1) is 6.92 Å². The molecule has 0 unspecified atom stereocenters. The van der Waals surface area contributed by atoms with E-state index in [1.54, 1.807) is 20.8 Å². The molecular weight excluding hydrogens is 256 g/mol. The maximum Gasteiger partial charge on any atom is 0.408 e. The third kappa shape index (κ3) is 6.22. The zero-order chi connectivity index (χ0) is 15.2. The van der Waals surface area contributed by atoms with Gasteiger partial charge in [-0.05, 0) is 33.3 Å². The van der Waals surface area contributed by atoms with E-state index < -0.39 is 11.7 Å². The van der Waals surface area contributed by atoms with E-state index in [1.807, 2.05) is 30.3 Å². The van der Waals surface area contributed by atoms with Gasteiger partial charge in [-0.3, -0.25) is 4.79 Å². The van der Waals surface area contributed by atoms with Crippen molar-refractivity contribution in [1.82, 2.24) is 10.6 Å². The number of hydrogen-bond acceptors (Lipinski definition) is 3. The van der Waals surface area contributed by atoms with Crippen LogP contribution in [0.25, 0.3) is 0 Å². The maximum absolute atomic E-state index is 11.7. The Kier molecular flexibility index (Phi) is 5.55. The van der Waals surface area contributed by atoms with E-state index in [1.165, 1.54) is 0 Å². The third-order valence-corrected chi connectivity index (χ3v) is 2.33. The molecule has 1 rings (SSSR count). The van der Waals surface area contributed by atoms with Gasteiger partial charge in [-0.1, -0.05) is 30.3 Å². The average Bonchev–Trinajstić information content (AvgIpc) is 2.35. The van der Waals surface area contributed by atoms with Crippen LogP contribution in [0.1, 0.15) is 32.4 Å². The molecule has 1 radical (unpaired) electrons. The van der Waals surface area contributed by atoms with Crippen molar-refractivity contribution in [3.8, 4) is 0 Å². The molecule has 0 aliphatic rings. The lowest BCUT2D eigenvalue weighted by Gasteiger charge is -2.20. The average molecular weight is 277 g/mol. The SMILES string of the molecule is [CH2][C@H](NC(=O)CNC(=O)OC(C)(C)C)c1ccccc1. The summed E-state index contributed by atoms with van der Waals surface area (Å²) in [6, 6.07) is 9.03. The monoisotopic (exact) mass is 277 g/mol. The summed E-state index contributed by atoms with van der Waals surface area (Å²) in [5, 5.41) is 5.09. The van der Waals surface area contributed by atoms with Crippen LogP contribution in [0.15, 0.2) is 30.3 Å². The summed E-state index contributed by atoms with van der Waals surface area (Å²) in [4.78, 5) is 23.1. The summed E-state index contributed by atoms with van der Waals surface area (Å²) in [6.45, 7) is 8.99. The lowest BCUT2D eigenvalue weighted by atomic mass is 10.1. The van der Waals surface area contributed by atoms with Gasteiger partial charge in [0.25, 0.3) is 0 Å². The minimum absolute atomic E-state index is 0.145. The molecule has 2 amide bonds. The highest BCUT2D eigenvalue weighted by atomic mass is 16.6. The van der Waals surface area contributed by atoms with E-state index in [2.05, 4.69) is 17.6 Å². The Bertz CT molecular complexity index is 452. The van der Waals surface area contributed by atoms with Gasteiger partial charge in [0.1, 0.15) is 12.1 Å². The van der Waals surface area contributed by atoms with Crippen LogP contribution in [-0.2, 0) is 9.53 Å². The molecule has 2 N–H and O–H groups in total. The fraction of sp³-hybridized carbons (Fsp3) is 0.400. The Balaban J connectivity index is 2.36. The van der Waals surface area contributed by atoms with Crippen molar-refractivity contribution in [3.05, 3.63) is 42.8 Å². The van der Waals surface area contributed by atoms with E-state index in [-0.39, 0.29) is 18.5 Å². The van der Waals surface area contributed by atoms with Crippen molar-refractivity contribution in [2.75, 3.05) is 6.54 Å². The summed E-state index contributed by atoms with van der Waals surface area (Å²) in [7, 11) is 0. The predicted molar refractivity (Wildman–Crippen MR) is 76.9 cm³/mol. The first-order chi connectivity index (χ1) is 9.28. The van der Waals surface area contributed by atoms with Gasteiger partial charge in [0.05, 0.1) is 6.04 Å².